The minimum Gasteiger partial charge on any atom is -0.368 e. The van der Waals surface area contributed by atoms with Crippen molar-refractivity contribution in [1.82, 2.24) is 4.31 Å². The number of hydrogen-bond acceptors (Lipinski definition) is 2. The standard InChI is InChI=1S/C25H22ClF5N2O2S/c26-19-8-10-22(11-9-19)36(35)33(15-16-4-6-18(7-5-16)25(29,30)31)23(24(32)34)3-1-2-17-12-20(27)14-21(28)13-17/h4-14,23H,1-3,15H2,(H2,32,34). The summed E-state index contributed by atoms with van der Waals surface area (Å²) in [7, 11) is -1.93. The summed E-state index contributed by atoms with van der Waals surface area (Å²) in [6.45, 7) is -0.143. The number of benzene rings is 3. The number of carbonyl (C=O) groups is 1. The van der Waals surface area contributed by atoms with Crippen molar-refractivity contribution < 1.29 is 31.0 Å². The fourth-order valence-electron chi connectivity index (χ4n) is 3.63. The number of carbonyl (C=O) groups excluding carboxylic acids is 1. The van der Waals surface area contributed by atoms with Gasteiger partial charge in [0.15, 0.2) is 0 Å². The van der Waals surface area contributed by atoms with Gasteiger partial charge in [0.05, 0.1) is 10.5 Å². The van der Waals surface area contributed by atoms with Crippen LogP contribution >= 0.6 is 11.6 Å². The minimum absolute atomic E-state index is 0.0907. The molecule has 0 aliphatic heterocycles. The molecule has 2 atom stereocenters. The number of hydrogen-bond donors (Lipinski definition) is 1. The Labute approximate surface area is 212 Å². The molecule has 0 aromatic heterocycles. The number of primary amides is 1. The average Bonchev–Trinajstić information content (AvgIpc) is 2.80. The Kier molecular flexibility index (Phi) is 9.21. The molecule has 0 saturated carbocycles. The van der Waals surface area contributed by atoms with Crippen molar-refractivity contribution in [2.75, 3.05) is 0 Å². The molecule has 11 heteroatoms. The first kappa shape index (κ1) is 27.8. The van der Waals surface area contributed by atoms with E-state index < -0.39 is 46.3 Å². The molecule has 36 heavy (non-hydrogen) atoms. The first-order valence-corrected chi connectivity index (χ1v) is 12.3. The molecule has 0 heterocycles. The van der Waals surface area contributed by atoms with E-state index in [0.29, 0.717) is 21.0 Å². The van der Waals surface area contributed by atoms with Gasteiger partial charge in [-0.2, -0.15) is 13.2 Å². The average molecular weight is 545 g/mol. The molecule has 4 nitrogen and oxygen atoms in total. The second-order valence-corrected chi connectivity index (χ2v) is 9.94. The maximum atomic E-state index is 13.5. The van der Waals surface area contributed by atoms with E-state index in [0.717, 1.165) is 18.2 Å². The number of nitrogens with two attached hydrogens (primary N) is 1. The lowest BCUT2D eigenvalue weighted by atomic mass is 10.0. The summed E-state index contributed by atoms with van der Waals surface area (Å²) < 4.78 is 80.6. The van der Waals surface area contributed by atoms with E-state index in [-0.39, 0.29) is 25.8 Å². The Bertz CT molecular complexity index is 1200. The van der Waals surface area contributed by atoms with Crippen LogP contribution in [0.3, 0.4) is 0 Å². The van der Waals surface area contributed by atoms with Gasteiger partial charge in [-0.05, 0) is 78.9 Å². The van der Waals surface area contributed by atoms with Gasteiger partial charge in [0.25, 0.3) is 0 Å². The fourth-order valence-corrected chi connectivity index (χ4v) is 5.11. The minimum atomic E-state index is -4.52. The van der Waals surface area contributed by atoms with Crippen molar-refractivity contribution in [2.24, 2.45) is 5.73 Å². The number of rotatable bonds is 10. The molecule has 3 rings (SSSR count). The van der Waals surface area contributed by atoms with Crippen LogP contribution in [0.4, 0.5) is 22.0 Å². The number of aryl methyl sites for hydroxylation is 1. The largest absolute Gasteiger partial charge is 0.416 e. The summed E-state index contributed by atoms with van der Waals surface area (Å²) in [5.74, 6) is -2.26. The normalized spacial score (nSPS) is 13.5. The van der Waals surface area contributed by atoms with E-state index in [1.165, 1.54) is 52.8 Å². The van der Waals surface area contributed by atoms with Crippen LogP contribution in [0, 0.1) is 11.6 Å². The third kappa shape index (κ3) is 7.59. The van der Waals surface area contributed by atoms with Crippen LogP contribution in [0.15, 0.2) is 71.6 Å². The number of nitrogens with zero attached hydrogens (tertiary/aromatic N) is 1. The zero-order valence-electron chi connectivity index (χ0n) is 18.8. The molecule has 0 bridgehead atoms. The molecule has 0 radical (unpaired) electrons. The van der Waals surface area contributed by atoms with Gasteiger partial charge in [-0.25, -0.2) is 17.3 Å². The van der Waals surface area contributed by atoms with Gasteiger partial charge in [-0.1, -0.05) is 23.7 Å². The molecule has 1 amide bonds. The molecule has 192 valence electrons. The van der Waals surface area contributed by atoms with Crippen molar-refractivity contribution >= 4 is 28.5 Å². The summed E-state index contributed by atoms with van der Waals surface area (Å²) in [5, 5.41) is 0.402. The van der Waals surface area contributed by atoms with Crippen molar-refractivity contribution in [3.05, 3.63) is 100 Å². The van der Waals surface area contributed by atoms with Crippen LogP contribution in [-0.2, 0) is 34.9 Å². The first-order valence-electron chi connectivity index (χ1n) is 10.8. The Morgan fingerprint density at radius 1 is 0.944 bits per heavy atom. The fraction of sp³-hybridized carbons (Fsp3) is 0.240. The van der Waals surface area contributed by atoms with Gasteiger partial charge in [0, 0.05) is 17.6 Å². The number of halogens is 6. The van der Waals surface area contributed by atoms with Gasteiger partial charge in [0.1, 0.15) is 28.7 Å². The van der Waals surface area contributed by atoms with E-state index >= 15 is 0 Å². The predicted octanol–water partition coefficient (Wildman–Crippen LogP) is 6.04. The zero-order chi connectivity index (χ0) is 26.5. The molecular formula is C25H22ClF5N2O2S. The summed E-state index contributed by atoms with van der Waals surface area (Å²) in [6.07, 6.45) is -3.93. The van der Waals surface area contributed by atoms with Gasteiger partial charge in [0.2, 0.25) is 5.91 Å². The third-order valence-corrected chi connectivity index (χ3v) is 7.13. The monoisotopic (exact) mass is 544 g/mol. The van der Waals surface area contributed by atoms with Gasteiger partial charge in [-0.15, -0.1) is 0 Å². The van der Waals surface area contributed by atoms with E-state index in [1.54, 1.807) is 0 Å². The molecule has 0 aliphatic rings. The highest BCUT2D eigenvalue weighted by atomic mass is 35.5. The highest BCUT2D eigenvalue weighted by Gasteiger charge is 2.32. The summed E-state index contributed by atoms with van der Waals surface area (Å²) in [5.41, 5.74) is 5.55. The molecule has 0 fully saturated rings. The van der Waals surface area contributed by atoms with E-state index in [2.05, 4.69) is 0 Å². The lowest BCUT2D eigenvalue weighted by molar-refractivity contribution is -0.137. The second kappa shape index (κ2) is 11.9. The van der Waals surface area contributed by atoms with E-state index in [1.807, 2.05) is 0 Å². The SMILES string of the molecule is NC(=O)C(CCCc1cc(F)cc(F)c1)N(Cc1ccc(C(F)(F)F)cc1)S(=O)c1ccc(Cl)cc1. The topological polar surface area (TPSA) is 63.4 Å². The molecule has 3 aromatic rings. The summed E-state index contributed by atoms with van der Waals surface area (Å²) in [6, 6.07) is 12.3. The Morgan fingerprint density at radius 2 is 1.53 bits per heavy atom. The van der Waals surface area contributed by atoms with Crippen molar-refractivity contribution in [3.8, 4) is 0 Å². The lowest BCUT2D eigenvalue weighted by Crippen LogP contribution is -2.45. The van der Waals surface area contributed by atoms with E-state index in [4.69, 9.17) is 17.3 Å². The lowest BCUT2D eigenvalue weighted by Gasteiger charge is -2.28. The van der Waals surface area contributed by atoms with Crippen LogP contribution in [0.1, 0.15) is 29.5 Å². The predicted molar refractivity (Wildman–Crippen MR) is 127 cm³/mol. The van der Waals surface area contributed by atoms with Crippen LogP contribution < -0.4 is 5.73 Å². The third-order valence-electron chi connectivity index (χ3n) is 5.39. The molecule has 3 aromatic carbocycles. The van der Waals surface area contributed by atoms with Crippen LogP contribution in [-0.4, -0.2) is 20.5 Å². The van der Waals surface area contributed by atoms with Crippen LogP contribution in [0.25, 0.3) is 0 Å². The molecule has 0 spiro atoms. The quantitative estimate of drug-likeness (QED) is 0.316. The van der Waals surface area contributed by atoms with Gasteiger partial charge in [-0.3, -0.25) is 4.79 Å². The second-order valence-electron chi connectivity index (χ2n) is 8.06. The summed E-state index contributed by atoms with van der Waals surface area (Å²) >= 11 is 5.91. The molecule has 2 N–H and O–H groups in total. The molecule has 0 saturated heterocycles. The van der Waals surface area contributed by atoms with Crippen LogP contribution in [0.5, 0.6) is 0 Å². The van der Waals surface area contributed by atoms with Crippen LogP contribution in [0.2, 0.25) is 5.02 Å². The zero-order valence-corrected chi connectivity index (χ0v) is 20.3. The highest BCUT2D eigenvalue weighted by molar-refractivity contribution is 7.82. The maximum Gasteiger partial charge on any atom is 0.416 e. The van der Waals surface area contributed by atoms with Gasteiger partial charge < -0.3 is 5.73 Å². The molecular weight excluding hydrogens is 523 g/mol. The number of alkyl halides is 3. The van der Waals surface area contributed by atoms with Crippen molar-refractivity contribution in [3.63, 3.8) is 0 Å². The Morgan fingerprint density at radius 3 is 2.06 bits per heavy atom. The highest BCUT2D eigenvalue weighted by Crippen LogP contribution is 2.30. The number of amides is 1. The van der Waals surface area contributed by atoms with Crippen molar-refractivity contribution in [2.45, 2.75) is 42.9 Å². The maximum absolute atomic E-state index is 13.5. The Hall–Kier alpha value is -2.82. The van der Waals surface area contributed by atoms with E-state index in [9.17, 15) is 31.0 Å². The first-order chi connectivity index (χ1) is 16.9. The Balaban J connectivity index is 1.86. The van der Waals surface area contributed by atoms with Crippen molar-refractivity contribution in [1.29, 1.82) is 0 Å². The summed E-state index contributed by atoms with van der Waals surface area (Å²) in [4.78, 5) is 12.7. The molecule has 0 aliphatic carbocycles. The van der Waals surface area contributed by atoms with Gasteiger partial charge >= 0.3 is 6.18 Å². The molecule has 2 unspecified atom stereocenters. The smallest absolute Gasteiger partial charge is 0.368 e.